The third-order valence-electron chi connectivity index (χ3n) is 5.77. The Morgan fingerprint density at radius 1 is 1.30 bits per heavy atom. The van der Waals surface area contributed by atoms with Gasteiger partial charge in [-0.1, -0.05) is 0 Å². The van der Waals surface area contributed by atoms with Crippen LogP contribution in [0.4, 0.5) is 0 Å². The van der Waals surface area contributed by atoms with Crippen LogP contribution >= 0.6 is 24.0 Å². The van der Waals surface area contributed by atoms with Crippen molar-refractivity contribution in [2.45, 2.75) is 59.0 Å². The molecular weight excluding hydrogens is 491 g/mol. The Morgan fingerprint density at radius 3 is 2.60 bits per heavy atom. The van der Waals surface area contributed by atoms with E-state index in [4.69, 9.17) is 9.41 Å². The zero-order valence-corrected chi connectivity index (χ0v) is 21.3. The summed E-state index contributed by atoms with van der Waals surface area (Å²) in [5, 5.41) is 11.5. The number of halogens is 1. The molecule has 2 aromatic heterocycles. The molecule has 1 fully saturated rings. The first kappa shape index (κ1) is 24.7. The van der Waals surface area contributed by atoms with Crippen molar-refractivity contribution in [1.82, 2.24) is 25.3 Å². The average molecular weight is 528 g/mol. The summed E-state index contributed by atoms with van der Waals surface area (Å²) in [5.74, 6) is 1.86. The fourth-order valence-electron chi connectivity index (χ4n) is 4.12. The Hall–Kier alpha value is -1.55. The van der Waals surface area contributed by atoms with Gasteiger partial charge in [-0.2, -0.15) is 5.10 Å². The lowest BCUT2D eigenvalue weighted by Crippen LogP contribution is -2.43. The minimum Gasteiger partial charge on any atom is -0.468 e. The van der Waals surface area contributed by atoms with E-state index in [2.05, 4.69) is 54.4 Å². The van der Waals surface area contributed by atoms with Crippen LogP contribution in [0.15, 0.2) is 27.8 Å². The van der Waals surface area contributed by atoms with Crippen molar-refractivity contribution in [3.05, 3.63) is 41.1 Å². The Bertz CT molecular complexity index is 795. The van der Waals surface area contributed by atoms with Crippen LogP contribution in [0.1, 0.15) is 55.4 Å². The molecule has 2 atom stereocenters. The highest BCUT2D eigenvalue weighted by molar-refractivity contribution is 14.0. The molecule has 1 aliphatic heterocycles. The van der Waals surface area contributed by atoms with Crippen LogP contribution in [0, 0.1) is 13.8 Å². The fourth-order valence-corrected chi connectivity index (χ4v) is 4.12. The minimum absolute atomic E-state index is 0. The van der Waals surface area contributed by atoms with Gasteiger partial charge in [-0.05, 0) is 77.7 Å². The van der Waals surface area contributed by atoms with E-state index in [1.807, 2.05) is 17.8 Å². The molecule has 0 saturated carbocycles. The van der Waals surface area contributed by atoms with Crippen molar-refractivity contribution in [2.24, 2.45) is 12.0 Å². The second kappa shape index (κ2) is 11.7. The number of aryl methyl sites for hydroxylation is 2. The van der Waals surface area contributed by atoms with Crippen LogP contribution in [-0.2, 0) is 13.5 Å². The van der Waals surface area contributed by atoms with E-state index in [9.17, 15) is 0 Å². The number of hydrogen-bond acceptors (Lipinski definition) is 4. The second-order valence-electron chi connectivity index (χ2n) is 8.02. The van der Waals surface area contributed by atoms with Gasteiger partial charge < -0.3 is 15.1 Å². The van der Waals surface area contributed by atoms with E-state index < -0.39 is 0 Å². The zero-order valence-electron chi connectivity index (χ0n) is 18.9. The molecule has 8 heteroatoms. The number of furan rings is 1. The van der Waals surface area contributed by atoms with Crippen molar-refractivity contribution < 1.29 is 4.42 Å². The number of guanidine groups is 1. The van der Waals surface area contributed by atoms with E-state index in [1.165, 1.54) is 24.1 Å². The zero-order chi connectivity index (χ0) is 20.8. The third-order valence-corrected chi connectivity index (χ3v) is 5.77. The lowest BCUT2D eigenvalue weighted by molar-refractivity contribution is 0.221. The van der Waals surface area contributed by atoms with E-state index in [0.717, 1.165) is 43.5 Å². The van der Waals surface area contributed by atoms with Crippen molar-refractivity contribution in [3.63, 3.8) is 0 Å². The van der Waals surface area contributed by atoms with Crippen molar-refractivity contribution in [1.29, 1.82) is 0 Å². The maximum Gasteiger partial charge on any atom is 0.191 e. The Labute approximate surface area is 197 Å². The first-order valence-corrected chi connectivity index (χ1v) is 10.8. The van der Waals surface area contributed by atoms with Crippen molar-refractivity contribution in [2.75, 3.05) is 26.2 Å². The highest BCUT2D eigenvalue weighted by Crippen LogP contribution is 2.25. The highest BCUT2D eigenvalue weighted by Gasteiger charge is 2.25. The lowest BCUT2D eigenvalue weighted by Gasteiger charge is -2.25. The van der Waals surface area contributed by atoms with Gasteiger partial charge >= 0.3 is 0 Å². The monoisotopic (exact) mass is 528 g/mol. The predicted octanol–water partition coefficient (Wildman–Crippen LogP) is 3.57. The standard InChI is InChI=1S/C22H36N6O.HI/c1-6-23-22(25-16(2)14-19-17(3)26-27(5)18(19)4)24-15-20(21-10-9-13-29-21)28-11-7-8-12-28;/h9-10,13,16,20H,6-8,11-12,14-15H2,1-5H3,(H2,23,24,25);1H. The summed E-state index contributed by atoms with van der Waals surface area (Å²) in [6.07, 6.45) is 5.18. The molecular formula is C22H37IN6O. The number of nitrogens with zero attached hydrogens (tertiary/aromatic N) is 4. The number of aromatic nitrogens is 2. The van der Waals surface area contributed by atoms with Crippen LogP contribution in [0.5, 0.6) is 0 Å². The molecule has 3 heterocycles. The van der Waals surface area contributed by atoms with E-state index in [0.29, 0.717) is 6.54 Å². The number of likely N-dealkylation sites (tertiary alicyclic amines) is 1. The molecule has 0 aliphatic carbocycles. The minimum atomic E-state index is 0. The van der Waals surface area contributed by atoms with Gasteiger partial charge in [0.1, 0.15) is 5.76 Å². The van der Waals surface area contributed by atoms with Crippen molar-refractivity contribution in [3.8, 4) is 0 Å². The fraction of sp³-hybridized carbons (Fsp3) is 0.636. The molecule has 0 aromatic carbocycles. The molecule has 0 radical (unpaired) electrons. The summed E-state index contributed by atoms with van der Waals surface area (Å²) in [5.41, 5.74) is 3.64. The molecule has 3 rings (SSSR count). The number of nitrogens with one attached hydrogen (secondary N) is 2. The average Bonchev–Trinajstić information content (AvgIpc) is 3.43. The summed E-state index contributed by atoms with van der Waals surface area (Å²) in [6, 6.07) is 4.48. The van der Waals surface area contributed by atoms with Gasteiger partial charge in [-0.25, -0.2) is 0 Å². The summed E-state index contributed by atoms with van der Waals surface area (Å²) in [7, 11) is 2.00. The molecule has 0 spiro atoms. The number of aliphatic imine (C=N–C) groups is 1. The summed E-state index contributed by atoms with van der Waals surface area (Å²) >= 11 is 0. The number of rotatable bonds is 8. The number of hydrogen-bond donors (Lipinski definition) is 2. The smallest absolute Gasteiger partial charge is 0.191 e. The van der Waals surface area contributed by atoms with Gasteiger partial charge in [-0.15, -0.1) is 24.0 Å². The first-order valence-electron chi connectivity index (χ1n) is 10.8. The van der Waals surface area contributed by atoms with Gasteiger partial charge in [0.2, 0.25) is 0 Å². The van der Waals surface area contributed by atoms with Gasteiger partial charge in [0.05, 0.1) is 24.5 Å². The normalized spacial score (nSPS) is 16.9. The van der Waals surface area contributed by atoms with Gasteiger partial charge in [0.15, 0.2) is 5.96 Å². The Kier molecular flexibility index (Phi) is 9.67. The first-order chi connectivity index (χ1) is 14.0. The summed E-state index contributed by atoms with van der Waals surface area (Å²) in [4.78, 5) is 7.40. The second-order valence-corrected chi connectivity index (χ2v) is 8.02. The van der Waals surface area contributed by atoms with E-state index in [1.54, 1.807) is 6.26 Å². The highest BCUT2D eigenvalue weighted by atomic mass is 127. The van der Waals surface area contributed by atoms with E-state index in [-0.39, 0.29) is 36.1 Å². The Morgan fingerprint density at radius 2 is 2.03 bits per heavy atom. The molecule has 1 aliphatic rings. The topological polar surface area (TPSA) is 70.6 Å². The molecule has 2 aromatic rings. The van der Waals surface area contributed by atoms with Gasteiger partial charge in [-0.3, -0.25) is 14.6 Å². The SMILES string of the molecule is CCNC(=NCC(c1ccco1)N1CCCC1)NC(C)Cc1c(C)nn(C)c1C.I. The van der Waals surface area contributed by atoms with Crippen LogP contribution in [0.2, 0.25) is 0 Å². The lowest BCUT2D eigenvalue weighted by atomic mass is 10.1. The van der Waals surface area contributed by atoms with Crippen LogP contribution in [0.3, 0.4) is 0 Å². The molecule has 30 heavy (non-hydrogen) atoms. The van der Waals surface area contributed by atoms with Crippen LogP contribution in [0.25, 0.3) is 0 Å². The molecule has 0 amide bonds. The molecule has 2 unspecified atom stereocenters. The Balaban J connectivity index is 0.00000320. The quantitative estimate of drug-likeness (QED) is 0.312. The largest absolute Gasteiger partial charge is 0.468 e. The molecule has 2 N–H and O–H groups in total. The maximum absolute atomic E-state index is 5.73. The van der Waals surface area contributed by atoms with Gasteiger partial charge in [0, 0.05) is 25.3 Å². The summed E-state index contributed by atoms with van der Waals surface area (Å²) in [6.45, 7) is 12.2. The van der Waals surface area contributed by atoms with E-state index >= 15 is 0 Å². The van der Waals surface area contributed by atoms with Crippen LogP contribution < -0.4 is 10.6 Å². The third kappa shape index (κ3) is 6.23. The van der Waals surface area contributed by atoms with Gasteiger partial charge in [0.25, 0.3) is 0 Å². The molecule has 7 nitrogen and oxygen atoms in total. The van der Waals surface area contributed by atoms with Crippen molar-refractivity contribution >= 4 is 29.9 Å². The molecule has 168 valence electrons. The maximum atomic E-state index is 5.73. The predicted molar refractivity (Wildman–Crippen MR) is 133 cm³/mol. The summed E-state index contributed by atoms with van der Waals surface area (Å²) < 4.78 is 7.69. The molecule has 0 bridgehead atoms. The van der Waals surface area contributed by atoms with Crippen LogP contribution in [-0.4, -0.2) is 52.9 Å². The molecule has 1 saturated heterocycles.